The van der Waals surface area contributed by atoms with Gasteiger partial charge in [-0.05, 0) is 45.2 Å². The maximum Gasteiger partial charge on any atom is 0.315 e. The van der Waals surface area contributed by atoms with E-state index in [1.54, 1.807) is 0 Å². The third-order valence-corrected chi connectivity index (χ3v) is 4.87. The highest BCUT2D eigenvalue weighted by atomic mass is 16.5. The highest BCUT2D eigenvalue weighted by molar-refractivity contribution is 5.75. The summed E-state index contributed by atoms with van der Waals surface area (Å²) in [6.45, 7) is 6.21. The minimum absolute atomic E-state index is 0.00191. The standard InChI is InChI=1S/C19H28N2O2/c1-13-9-10-15-16(12-19(2,3)23-17(15)11-13)21-18(22)20-14-7-5-4-6-8-14/h9-11,14,16H,4-8,12H2,1-3H3,(H2,20,21,22)/t16-/m1/s1. The van der Waals surface area contributed by atoms with E-state index >= 15 is 0 Å². The summed E-state index contributed by atoms with van der Waals surface area (Å²) in [6, 6.07) is 6.49. The lowest BCUT2D eigenvalue weighted by Gasteiger charge is -2.38. The number of fused-ring (bicyclic) bond motifs is 1. The molecule has 1 aromatic rings. The summed E-state index contributed by atoms with van der Waals surface area (Å²) >= 11 is 0. The van der Waals surface area contributed by atoms with Gasteiger partial charge in [-0.15, -0.1) is 0 Å². The molecule has 1 atom stereocenters. The minimum Gasteiger partial charge on any atom is -0.487 e. The van der Waals surface area contributed by atoms with E-state index in [4.69, 9.17) is 4.74 Å². The number of urea groups is 1. The van der Waals surface area contributed by atoms with Crippen LogP contribution in [0, 0.1) is 6.92 Å². The fraction of sp³-hybridized carbons (Fsp3) is 0.632. The van der Waals surface area contributed by atoms with Crippen molar-refractivity contribution in [1.82, 2.24) is 10.6 Å². The largest absolute Gasteiger partial charge is 0.487 e. The second-order valence-corrected chi connectivity index (χ2v) is 7.61. The second kappa shape index (κ2) is 6.42. The molecule has 3 rings (SSSR count). The molecule has 1 fully saturated rings. The first-order chi connectivity index (χ1) is 10.9. The van der Waals surface area contributed by atoms with E-state index in [0.29, 0.717) is 6.04 Å². The number of carbonyl (C=O) groups excluding carboxylic acids is 1. The molecule has 4 nitrogen and oxygen atoms in total. The number of benzene rings is 1. The number of hydrogen-bond donors (Lipinski definition) is 2. The Kier molecular flexibility index (Phi) is 4.51. The van der Waals surface area contributed by atoms with Gasteiger partial charge < -0.3 is 15.4 Å². The molecule has 2 N–H and O–H groups in total. The average molecular weight is 316 g/mol. The van der Waals surface area contributed by atoms with Crippen LogP contribution in [0.2, 0.25) is 0 Å². The monoisotopic (exact) mass is 316 g/mol. The van der Waals surface area contributed by atoms with Gasteiger partial charge in [-0.25, -0.2) is 4.79 Å². The highest BCUT2D eigenvalue weighted by Crippen LogP contribution is 2.39. The molecule has 0 aromatic heterocycles. The van der Waals surface area contributed by atoms with Gasteiger partial charge in [0.1, 0.15) is 11.4 Å². The van der Waals surface area contributed by atoms with Crippen LogP contribution in [0.5, 0.6) is 5.75 Å². The molecule has 1 heterocycles. The van der Waals surface area contributed by atoms with Crippen molar-refractivity contribution < 1.29 is 9.53 Å². The summed E-state index contributed by atoms with van der Waals surface area (Å²) in [4.78, 5) is 12.4. The molecule has 1 aliphatic heterocycles. The lowest BCUT2D eigenvalue weighted by atomic mass is 9.89. The zero-order valence-electron chi connectivity index (χ0n) is 14.4. The smallest absolute Gasteiger partial charge is 0.315 e. The van der Waals surface area contributed by atoms with Gasteiger partial charge in [-0.1, -0.05) is 31.4 Å². The van der Waals surface area contributed by atoms with Gasteiger partial charge in [0, 0.05) is 18.0 Å². The van der Waals surface area contributed by atoms with Gasteiger partial charge in [-0.3, -0.25) is 0 Å². The topological polar surface area (TPSA) is 50.4 Å². The fourth-order valence-electron chi connectivity index (χ4n) is 3.72. The number of aryl methyl sites for hydroxylation is 1. The van der Waals surface area contributed by atoms with Crippen LogP contribution in [0.15, 0.2) is 18.2 Å². The van der Waals surface area contributed by atoms with Crippen LogP contribution in [0.4, 0.5) is 4.79 Å². The first-order valence-electron chi connectivity index (χ1n) is 8.79. The zero-order valence-corrected chi connectivity index (χ0v) is 14.4. The van der Waals surface area contributed by atoms with Crippen molar-refractivity contribution in [3.8, 4) is 5.75 Å². The maximum atomic E-state index is 12.4. The van der Waals surface area contributed by atoms with Crippen molar-refractivity contribution in [2.24, 2.45) is 0 Å². The summed E-state index contributed by atoms with van der Waals surface area (Å²) in [5.41, 5.74) is 1.98. The number of hydrogen-bond acceptors (Lipinski definition) is 2. The fourth-order valence-corrected chi connectivity index (χ4v) is 3.72. The van der Waals surface area contributed by atoms with E-state index in [-0.39, 0.29) is 17.7 Å². The quantitative estimate of drug-likeness (QED) is 0.858. The van der Waals surface area contributed by atoms with Gasteiger partial charge in [0.15, 0.2) is 0 Å². The third kappa shape index (κ3) is 3.98. The molecule has 0 bridgehead atoms. The van der Waals surface area contributed by atoms with Crippen molar-refractivity contribution >= 4 is 6.03 Å². The van der Waals surface area contributed by atoms with E-state index in [2.05, 4.69) is 49.6 Å². The predicted octanol–water partition coefficient (Wildman–Crippen LogP) is 4.23. The van der Waals surface area contributed by atoms with Crippen LogP contribution < -0.4 is 15.4 Å². The summed E-state index contributed by atoms with van der Waals surface area (Å²) < 4.78 is 6.09. The number of amides is 2. The Morgan fingerprint density at radius 2 is 1.91 bits per heavy atom. The van der Waals surface area contributed by atoms with Crippen molar-refractivity contribution in [3.05, 3.63) is 29.3 Å². The van der Waals surface area contributed by atoms with Gasteiger partial charge in [0.05, 0.1) is 6.04 Å². The first-order valence-corrected chi connectivity index (χ1v) is 8.79. The lowest BCUT2D eigenvalue weighted by molar-refractivity contribution is 0.0677. The van der Waals surface area contributed by atoms with E-state index in [1.165, 1.54) is 24.8 Å². The van der Waals surface area contributed by atoms with Gasteiger partial charge in [0.25, 0.3) is 0 Å². The number of nitrogens with one attached hydrogen (secondary N) is 2. The zero-order chi connectivity index (χ0) is 16.4. The van der Waals surface area contributed by atoms with Crippen LogP contribution in [0.3, 0.4) is 0 Å². The van der Waals surface area contributed by atoms with Gasteiger partial charge in [0.2, 0.25) is 0 Å². The first kappa shape index (κ1) is 16.2. The third-order valence-electron chi connectivity index (χ3n) is 4.87. The summed E-state index contributed by atoms with van der Waals surface area (Å²) in [6.07, 6.45) is 6.71. The maximum absolute atomic E-state index is 12.4. The summed E-state index contributed by atoms with van der Waals surface area (Å²) in [5, 5.41) is 6.31. The van der Waals surface area contributed by atoms with Crippen LogP contribution >= 0.6 is 0 Å². The molecular weight excluding hydrogens is 288 g/mol. The van der Waals surface area contributed by atoms with Crippen molar-refractivity contribution in [2.75, 3.05) is 0 Å². The lowest BCUT2D eigenvalue weighted by Crippen LogP contribution is -2.47. The Hall–Kier alpha value is -1.71. The van der Waals surface area contributed by atoms with E-state index in [1.807, 2.05) is 0 Å². The Labute approximate surface area is 139 Å². The normalized spacial score (nSPS) is 23.5. The van der Waals surface area contributed by atoms with Gasteiger partial charge >= 0.3 is 6.03 Å². The molecule has 4 heteroatoms. The van der Waals surface area contributed by atoms with Crippen molar-refractivity contribution in [3.63, 3.8) is 0 Å². The molecule has 0 saturated heterocycles. The summed E-state index contributed by atoms with van der Waals surface area (Å²) in [5.74, 6) is 0.893. The minimum atomic E-state index is -0.274. The molecule has 0 spiro atoms. The molecule has 1 aliphatic carbocycles. The Morgan fingerprint density at radius 1 is 1.17 bits per heavy atom. The predicted molar refractivity (Wildman–Crippen MR) is 91.8 cm³/mol. The highest BCUT2D eigenvalue weighted by Gasteiger charge is 2.34. The number of carbonyl (C=O) groups is 1. The molecule has 0 radical (unpaired) electrons. The molecule has 23 heavy (non-hydrogen) atoms. The average Bonchev–Trinajstić information content (AvgIpc) is 2.46. The molecule has 1 aromatic carbocycles. The molecule has 1 saturated carbocycles. The molecule has 2 amide bonds. The van der Waals surface area contributed by atoms with E-state index in [0.717, 1.165) is 30.6 Å². The van der Waals surface area contributed by atoms with Crippen LogP contribution in [-0.4, -0.2) is 17.7 Å². The van der Waals surface area contributed by atoms with Crippen LogP contribution in [-0.2, 0) is 0 Å². The Balaban J connectivity index is 1.70. The van der Waals surface area contributed by atoms with Crippen molar-refractivity contribution in [1.29, 1.82) is 0 Å². The van der Waals surface area contributed by atoms with E-state index < -0.39 is 0 Å². The van der Waals surface area contributed by atoms with Gasteiger partial charge in [-0.2, -0.15) is 0 Å². The SMILES string of the molecule is Cc1ccc2c(c1)OC(C)(C)C[C@H]2NC(=O)NC1CCCCC1. The number of ether oxygens (including phenoxy) is 1. The Bertz CT molecular complexity index is 577. The second-order valence-electron chi connectivity index (χ2n) is 7.61. The van der Waals surface area contributed by atoms with Crippen molar-refractivity contribution in [2.45, 2.75) is 77.0 Å². The molecule has 126 valence electrons. The van der Waals surface area contributed by atoms with E-state index in [9.17, 15) is 4.79 Å². The molecular formula is C19H28N2O2. The molecule has 0 unspecified atom stereocenters. The van der Waals surface area contributed by atoms with Crippen LogP contribution in [0.25, 0.3) is 0 Å². The molecule has 2 aliphatic rings. The van der Waals surface area contributed by atoms with Crippen LogP contribution in [0.1, 0.15) is 69.5 Å². The summed E-state index contributed by atoms with van der Waals surface area (Å²) in [7, 11) is 0. The Morgan fingerprint density at radius 3 is 2.65 bits per heavy atom. The number of rotatable bonds is 2.